The van der Waals surface area contributed by atoms with Gasteiger partial charge in [-0.3, -0.25) is 9.69 Å². The summed E-state index contributed by atoms with van der Waals surface area (Å²) in [5, 5.41) is 18.2. The monoisotopic (exact) mass is 547 g/mol. The van der Waals surface area contributed by atoms with Crippen LogP contribution in [0.5, 0.6) is 5.75 Å². The first-order chi connectivity index (χ1) is 19.4. The van der Waals surface area contributed by atoms with Crippen LogP contribution in [-0.2, 0) is 24.5 Å². The molecule has 0 aromatic heterocycles. The molecule has 3 aromatic carbocycles. The Morgan fingerprint density at radius 3 is 2.25 bits per heavy atom. The van der Waals surface area contributed by atoms with E-state index >= 15 is 0 Å². The second-order valence-electron chi connectivity index (χ2n) is 10.7. The summed E-state index contributed by atoms with van der Waals surface area (Å²) in [6, 6.07) is 19.8. The first kappa shape index (κ1) is 29.3. The lowest BCUT2D eigenvalue weighted by molar-refractivity contribution is -0.137. The molecule has 212 valence electrons. The number of halogens is 1. The van der Waals surface area contributed by atoms with Gasteiger partial charge in [-0.1, -0.05) is 49.6 Å². The van der Waals surface area contributed by atoms with Crippen molar-refractivity contribution in [3.63, 3.8) is 0 Å². The lowest BCUT2D eigenvalue weighted by Gasteiger charge is -2.24. The summed E-state index contributed by atoms with van der Waals surface area (Å²) < 4.78 is 20.5. The molecule has 1 aliphatic rings. The molecule has 0 heterocycles. The summed E-state index contributed by atoms with van der Waals surface area (Å²) in [6.07, 6.45) is 7.72. The summed E-state index contributed by atoms with van der Waals surface area (Å²) in [5.74, 6) is -0.725. The summed E-state index contributed by atoms with van der Waals surface area (Å²) in [4.78, 5) is 24.3. The van der Waals surface area contributed by atoms with E-state index in [4.69, 9.17) is 9.84 Å². The number of carboxylic acid groups (broad SMARTS) is 2. The van der Waals surface area contributed by atoms with Crippen LogP contribution in [-0.4, -0.2) is 33.6 Å². The van der Waals surface area contributed by atoms with Gasteiger partial charge in [0.1, 0.15) is 18.2 Å². The Morgan fingerprint density at radius 2 is 1.57 bits per heavy atom. The minimum Gasteiger partial charge on any atom is -0.489 e. The number of carbonyl (C=O) groups is 2. The van der Waals surface area contributed by atoms with E-state index in [9.17, 15) is 19.1 Å². The Labute approximate surface area is 235 Å². The molecule has 40 heavy (non-hydrogen) atoms. The van der Waals surface area contributed by atoms with Gasteiger partial charge in [-0.25, -0.2) is 9.18 Å². The van der Waals surface area contributed by atoms with Gasteiger partial charge in [0.25, 0.3) is 0 Å². The molecule has 1 fully saturated rings. The first-order valence-electron chi connectivity index (χ1n) is 14.1. The van der Waals surface area contributed by atoms with E-state index in [2.05, 4.69) is 17.0 Å². The van der Waals surface area contributed by atoms with Crippen LogP contribution >= 0.6 is 0 Å². The summed E-state index contributed by atoms with van der Waals surface area (Å²) in [6.45, 7) is 1.89. The van der Waals surface area contributed by atoms with Gasteiger partial charge in [-0.2, -0.15) is 0 Å². The SMILES string of the molecule is O=C(O)CCCCN(Cc1ccc(C(=O)O)cc1)Cc1cc(F)ccc1COc1ccc(C2CCCCC2)cc1. The van der Waals surface area contributed by atoms with Crippen molar-refractivity contribution in [2.24, 2.45) is 0 Å². The van der Waals surface area contributed by atoms with E-state index < -0.39 is 11.9 Å². The van der Waals surface area contributed by atoms with Crippen molar-refractivity contribution in [2.45, 2.75) is 77.0 Å². The summed E-state index contributed by atoms with van der Waals surface area (Å²) >= 11 is 0. The second-order valence-corrected chi connectivity index (χ2v) is 10.7. The van der Waals surface area contributed by atoms with Crippen LogP contribution in [0.1, 0.15) is 89.9 Å². The van der Waals surface area contributed by atoms with Crippen LogP contribution in [0.25, 0.3) is 0 Å². The van der Waals surface area contributed by atoms with Gasteiger partial charge in [0.2, 0.25) is 0 Å². The zero-order valence-electron chi connectivity index (χ0n) is 22.9. The molecule has 2 N–H and O–H groups in total. The highest BCUT2D eigenvalue weighted by molar-refractivity contribution is 5.87. The van der Waals surface area contributed by atoms with E-state index in [0.717, 1.165) is 22.4 Å². The van der Waals surface area contributed by atoms with Gasteiger partial charge in [0, 0.05) is 19.5 Å². The minimum absolute atomic E-state index is 0.0970. The van der Waals surface area contributed by atoms with Gasteiger partial charge in [-0.05, 0) is 96.8 Å². The summed E-state index contributed by atoms with van der Waals surface area (Å²) in [5.41, 5.74) is 4.20. The topological polar surface area (TPSA) is 87.1 Å². The predicted octanol–water partition coefficient (Wildman–Crippen LogP) is 7.41. The number of aliphatic carboxylic acids is 1. The van der Waals surface area contributed by atoms with Crippen LogP contribution in [0.3, 0.4) is 0 Å². The van der Waals surface area contributed by atoms with Crippen LogP contribution in [0.4, 0.5) is 4.39 Å². The highest BCUT2D eigenvalue weighted by Crippen LogP contribution is 2.33. The molecule has 0 bridgehead atoms. The zero-order valence-corrected chi connectivity index (χ0v) is 22.9. The Hall–Kier alpha value is -3.71. The maximum Gasteiger partial charge on any atom is 0.335 e. The van der Waals surface area contributed by atoms with Gasteiger partial charge < -0.3 is 14.9 Å². The van der Waals surface area contributed by atoms with E-state index in [1.54, 1.807) is 30.3 Å². The molecular formula is C33H38FNO5. The van der Waals surface area contributed by atoms with E-state index in [-0.39, 0.29) is 17.8 Å². The van der Waals surface area contributed by atoms with E-state index in [1.165, 1.54) is 49.8 Å². The first-order valence-corrected chi connectivity index (χ1v) is 14.1. The normalized spacial score (nSPS) is 13.8. The largest absolute Gasteiger partial charge is 0.489 e. The highest BCUT2D eigenvalue weighted by atomic mass is 19.1. The summed E-state index contributed by atoms with van der Waals surface area (Å²) in [7, 11) is 0. The van der Waals surface area contributed by atoms with Gasteiger partial charge >= 0.3 is 11.9 Å². The third kappa shape index (κ3) is 8.91. The van der Waals surface area contributed by atoms with Crippen molar-refractivity contribution < 1.29 is 28.9 Å². The molecule has 1 saturated carbocycles. The number of nitrogens with zero attached hydrogens (tertiary/aromatic N) is 1. The minimum atomic E-state index is -0.981. The number of hydrogen-bond donors (Lipinski definition) is 2. The van der Waals surface area contributed by atoms with Crippen LogP contribution in [0.2, 0.25) is 0 Å². The number of unbranched alkanes of at least 4 members (excludes halogenated alkanes) is 1. The fraction of sp³-hybridized carbons (Fsp3) is 0.394. The van der Waals surface area contributed by atoms with Crippen molar-refractivity contribution in [3.8, 4) is 5.75 Å². The average Bonchev–Trinajstić information content (AvgIpc) is 2.96. The van der Waals surface area contributed by atoms with Gasteiger partial charge in [-0.15, -0.1) is 0 Å². The second kappa shape index (κ2) is 14.6. The molecule has 1 aliphatic carbocycles. The fourth-order valence-electron chi connectivity index (χ4n) is 5.39. The fourth-order valence-corrected chi connectivity index (χ4v) is 5.39. The Morgan fingerprint density at radius 1 is 0.850 bits per heavy atom. The number of ether oxygens (including phenoxy) is 1. The van der Waals surface area contributed by atoms with Crippen molar-refractivity contribution in [1.82, 2.24) is 4.90 Å². The third-order valence-electron chi connectivity index (χ3n) is 7.64. The molecule has 0 amide bonds. The molecule has 4 rings (SSSR count). The lowest BCUT2D eigenvalue weighted by atomic mass is 9.84. The number of carboxylic acids is 2. The maximum absolute atomic E-state index is 14.3. The molecule has 0 saturated heterocycles. The van der Waals surface area contributed by atoms with Crippen molar-refractivity contribution >= 4 is 11.9 Å². The third-order valence-corrected chi connectivity index (χ3v) is 7.64. The lowest BCUT2D eigenvalue weighted by Crippen LogP contribution is -2.25. The quantitative estimate of drug-likeness (QED) is 0.204. The maximum atomic E-state index is 14.3. The van der Waals surface area contributed by atoms with Crippen LogP contribution in [0.15, 0.2) is 66.7 Å². The van der Waals surface area contributed by atoms with Gasteiger partial charge in [0.05, 0.1) is 5.56 Å². The zero-order chi connectivity index (χ0) is 28.3. The molecule has 0 radical (unpaired) electrons. The van der Waals surface area contributed by atoms with Crippen molar-refractivity contribution in [2.75, 3.05) is 6.54 Å². The number of benzene rings is 3. The highest BCUT2D eigenvalue weighted by Gasteiger charge is 2.16. The molecule has 0 atom stereocenters. The Kier molecular flexibility index (Phi) is 10.7. The van der Waals surface area contributed by atoms with Crippen molar-refractivity contribution in [1.29, 1.82) is 0 Å². The molecule has 0 spiro atoms. The van der Waals surface area contributed by atoms with Crippen molar-refractivity contribution in [3.05, 3.63) is 100 Å². The Bertz CT molecular complexity index is 1250. The number of hydrogen-bond acceptors (Lipinski definition) is 4. The number of rotatable bonds is 14. The smallest absolute Gasteiger partial charge is 0.335 e. The molecule has 0 unspecified atom stereocenters. The van der Waals surface area contributed by atoms with Crippen LogP contribution in [0, 0.1) is 5.82 Å². The predicted molar refractivity (Wildman–Crippen MR) is 152 cm³/mol. The van der Waals surface area contributed by atoms with Gasteiger partial charge in [0.15, 0.2) is 0 Å². The Balaban J connectivity index is 1.44. The molecule has 6 nitrogen and oxygen atoms in total. The number of aromatic carboxylic acids is 1. The molecule has 7 heteroatoms. The van der Waals surface area contributed by atoms with E-state index in [1.807, 2.05) is 12.1 Å². The molecule has 3 aromatic rings. The standard InChI is InChI=1S/C33H38FNO5/c34-30-16-13-28(23-40-31-17-14-26(15-18-31)25-6-2-1-3-7-25)29(20-30)22-35(19-5-4-8-32(36)37)21-24-9-11-27(12-10-24)33(38)39/h9-18,20,25H,1-8,19,21-23H2,(H,36,37)(H,38,39). The average molecular weight is 548 g/mol. The van der Waals surface area contributed by atoms with E-state index in [0.29, 0.717) is 45.0 Å². The molecule has 0 aliphatic heterocycles. The molecular weight excluding hydrogens is 509 g/mol. The van der Waals surface area contributed by atoms with Crippen LogP contribution < -0.4 is 4.74 Å².